The van der Waals surface area contributed by atoms with Crippen molar-refractivity contribution < 1.29 is 33.6 Å². The fraction of sp³-hybridized carbons (Fsp3) is 0.760. The molecule has 0 bridgehead atoms. The van der Waals surface area contributed by atoms with Gasteiger partial charge in [-0.05, 0) is 37.5 Å². The van der Waals surface area contributed by atoms with E-state index in [-0.39, 0.29) is 29.8 Å². The average Bonchev–Trinajstić information content (AvgIpc) is 2.72. The standard InChI is InChI=1S/C25H42O7Si/c1-16-23(27)19(26)13-22(29-16)31-24-17(2)30-21(28-15-18-11-9-8-10-12-18)14-20(24)32-33(6,7)25(3,4)5/h8-12,16-17,19-24,26-27H,13-15H2,1-7H3/t16-,17-,19+,20-,21-,22+,23-,24-/m1/s1. The number of rotatable bonds is 7. The van der Waals surface area contributed by atoms with Crippen LogP contribution >= 0.6 is 0 Å². The molecule has 7 nitrogen and oxygen atoms in total. The molecule has 8 heteroatoms. The van der Waals surface area contributed by atoms with Crippen LogP contribution in [0.4, 0.5) is 0 Å². The molecule has 0 amide bonds. The Balaban J connectivity index is 1.72. The van der Waals surface area contributed by atoms with E-state index in [1.807, 2.05) is 37.3 Å². The Morgan fingerprint density at radius 1 is 0.970 bits per heavy atom. The third-order valence-corrected chi connectivity index (χ3v) is 11.6. The monoisotopic (exact) mass is 482 g/mol. The number of ether oxygens (including phenoxy) is 4. The van der Waals surface area contributed by atoms with E-state index in [4.69, 9.17) is 23.4 Å². The van der Waals surface area contributed by atoms with Gasteiger partial charge in [-0.3, -0.25) is 0 Å². The molecule has 2 fully saturated rings. The lowest BCUT2D eigenvalue weighted by molar-refractivity contribution is -0.311. The summed E-state index contributed by atoms with van der Waals surface area (Å²) in [6.07, 6.45) is -3.53. The van der Waals surface area contributed by atoms with Crippen LogP contribution in [0.2, 0.25) is 18.1 Å². The zero-order valence-electron chi connectivity index (χ0n) is 21.1. The third kappa shape index (κ3) is 6.86. The van der Waals surface area contributed by atoms with Crippen molar-refractivity contribution in [3.63, 3.8) is 0 Å². The average molecular weight is 483 g/mol. The van der Waals surface area contributed by atoms with Crippen molar-refractivity contribution in [2.45, 2.75) is 121 Å². The first-order chi connectivity index (χ1) is 15.4. The first-order valence-electron chi connectivity index (χ1n) is 12.0. The first kappa shape index (κ1) is 26.8. The van der Waals surface area contributed by atoms with E-state index < -0.39 is 39.2 Å². The van der Waals surface area contributed by atoms with Crippen LogP contribution in [0, 0.1) is 0 Å². The molecule has 8 atom stereocenters. The number of hydrogen-bond acceptors (Lipinski definition) is 7. The van der Waals surface area contributed by atoms with Crippen molar-refractivity contribution >= 4 is 8.32 Å². The minimum atomic E-state index is -2.11. The molecule has 33 heavy (non-hydrogen) atoms. The summed E-state index contributed by atoms with van der Waals surface area (Å²) in [6.45, 7) is 15.3. The van der Waals surface area contributed by atoms with E-state index in [0.29, 0.717) is 13.0 Å². The van der Waals surface area contributed by atoms with Gasteiger partial charge in [0, 0.05) is 12.8 Å². The highest BCUT2D eigenvalue weighted by Crippen LogP contribution is 2.40. The zero-order chi connectivity index (χ0) is 24.4. The molecule has 2 aliphatic heterocycles. The Bertz CT molecular complexity index is 726. The third-order valence-electron chi connectivity index (χ3n) is 7.14. The molecule has 2 N–H and O–H groups in total. The van der Waals surface area contributed by atoms with Crippen LogP contribution in [0.5, 0.6) is 0 Å². The summed E-state index contributed by atoms with van der Waals surface area (Å²) in [7, 11) is -2.11. The minimum absolute atomic E-state index is 0.0373. The Hall–Kier alpha value is -0.843. The zero-order valence-corrected chi connectivity index (χ0v) is 22.1. The van der Waals surface area contributed by atoms with E-state index in [0.717, 1.165) is 5.56 Å². The Morgan fingerprint density at radius 2 is 1.61 bits per heavy atom. The Kier molecular flexibility index (Phi) is 8.78. The van der Waals surface area contributed by atoms with E-state index in [1.54, 1.807) is 6.92 Å². The van der Waals surface area contributed by atoms with E-state index in [9.17, 15) is 10.2 Å². The summed E-state index contributed by atoms with van der Waals surface area (Å²) in [5.74, 6) is 0. The lowest BCUT2D eigenvalue weighted by Gasteiger charge is -2.47. The number of benzene rings is 1. The van der Waals surface area contributed by atoms with Crippen LogP contribution in [-0.2, 0) is 30.0 Å². The molecule has 0 spiro atoms. The van der Waals surface area contributed by atoms with E-state index in [2.05, 4.69) is 33.9 Å². The predicted octanol–water partition coefficient (Wildman–Crippen LogP) is 3.97. The summed E-state index contributed by atoms with van der Waals surface area (Å²) in [5, 5.41) is 20.3. The van der Waals surface area contributed by atoms with Crippen LogP contribution in [-0.4, -0.2) is 67.7 Å². The summed E-state index contributed by atoms with van der Waals surface area (Å²) >= 11 is 0. The van der Waals surface area contributed by atoms with Crippen molar-refractivity contribution in [3.05, 3.63) is 35.9 Å². The molecule has 2 saturated heterocycles. The Labute approximate surface area is 199 Å². The van der Waals surface area contributed by atoms with Crippen molar-refractivity contribution in [3.8, 4) is 0 Å². The molecular formula is C25H42O7Si. The van der Waals surface area contributed by atoms with Gasteiger partial charge >= 0.3 is 0 Å². The van der Waals surface area contributed by atoms with Crippen molar-refractivity contribution in [2.24, 2.45) is 0 Å². The molecule has 2 aliphatic rings. The largest absolute Gasteiger partial charge is 0.411 e. The van der Waals surface area contributed by atoms with E-state index >= 15 is 0 Å². The van der Waals surface area contributed by atoms with Gasteiger partial charge < -0.3 is 33.6 Å². The fourth-order valence-corrected chi connectivity index (χ4v) is 5.37. The second-order valence-corrected chi connectivity index (χ2v) is 15.6. The van der Waals surface area contributed by atoms with Crippen LogP contribution in [0.15, 0.2) is 30.3 Å². The fourth-order valence-electron chi connectivity index (χ4n) is 4.03. The van der Waals surface area contributed by atoms with E-state index in [1.165, 1.54) is 0 Å². The number of aliphatic hydroxyl groups excluding tert-OH is 2. The maximum absolute atomic E-state index is 10.2. The molecule has 2 heterocycles. The Morgan fingerprint density at radius 3 is 2.21 bits per heavy atom. The highest BCUT2D eigenvalue weighted by Gasteiger charge is 2.47. The van der Waals surface area contributed by atoms with Gasteiger partial charge in [0.1, 0.15) is 12.2 Å². The maximum Gasteiger partial charge on any atom is 0.192 e. The van der Waals surface area contributed by atoms with Gasteiger partial charge in [0.15, 0.2) is 20.9 Å². The lowest BCUT2D eigenvalue weighted by atomic mass is 10.0. The SMILES string of the molecule is C[C@H]1O[C@@H](O[C@@H]2[C@@H](C)O[C@@H](OCc3ccccc3)C[C@H]2O[Si](C)(C)C(C)(C)C)C[C@H](O)[C@@H]1O. The summed E-state index contributed by atoms with van der Waals surface area (Å²) < 4.78 is 31.3. The molecule has 1 aromatic rings. The molecular weight excluding hydrogens is 440 g/mol. The van der Waals surface area contributed by atoms with Crippen LogP contribution in [0.3, 0.4) is 0 Å². The number of hydrogen-bond donors (Lipinski definition) is 2. The second kappa shape index (κ2) is 10.8. The summed E-state index contributed by atoms with van der Waals surface area (Å²) in [4.78, 5) is 0. The first-order valence-corrected chi connectivity index (χ1v) is 14.9. The highest BCUT2D eigenvalue weighted by molar-refractivity contribution is 6.74. The number of aliphatic hydroxyl groups is 2. The topological polar surface area (TPSA) is 86.6 Å². The lowest BCUT2D eigenvalue weighted by Crippen LogP contribution is -2.57. The molecule has 0 aromatic heterocycles. The molecule has 0 saturated carbocycles. The molecule has 1 aromatic carbocycles. The quantitative estimate of drug-likeness (QED) is 0.569. The van der Waals surface area contributed by atoms with Crippen LogP contribution < -0.4 is 0 Å². The summed E-state index contributed by atoms with van der Waals surface area (Å²) in [5.41, 5.74) is 1.09. The van der Waals surface area contributed by atoms with Crippen molar-refractivity contribution in [2.75, 3.05) is 0 Å². The molecule has 0 radical (unpaired) electrons. The normalized spacial score (nSPS) is 36.0. The molecule has 0 aliphatic carbocycles. The summed E-state index contributed by atoms with van der Waals surface area (Å²) in [6, 6.07) is 10.0. The van der Waals surface area contributed by atoms with Gasteiger partial charge in [-0.2, -0.15) is 0 Å². The molecule has 188 valence electrons. The second-order valence-electron chi connectivity index (χ2n) is 10.9. The molecule has 3 rings (SSSR count). The molecule has 0 unspecified atom stereocenters. The van der Waals surface area contributed by atoms with Gasteiger partial charge in [0.25, 0.3) is 0 Å². The van der Waals surface area contributed by atoms with Gasteiger partial charge in [0.05, 0.1) is 31.0 Å². The van der Waals surface area contributed by atoms with Crippen molar-refractivity contribution in [1.82, 2.24) is 0 Å². The highest BCUT2D eigenvalue weighted by atomic mass is 28.4. The van der Waals surface area contributed by atoms with Crippen LogP contribution in [0.25, 0.3) is 0 Å². The van der Waals surface area contributed by atoms with Crippen molar-refractivity contribution in [1.29, 1.82) is 0 Å². The van der Waals surface area contributed by atoms with Gasteiger partial charge in [-0.15, -0.1) is 0 Å². The minimum Gasteiger partial charge on any atom is -0.411 e. The van der Waals surface area contributed by atoms with Gasteiger partial charge in [-0.25, -0.2) is 0 Å². The maximum atomic E-state index is 10.2. The van der Waals surface area contributed by atoms with Gasteiger partial charge in [0.2, 0.25) is 0 Å². The van der Waals surface area contributed by atoms with Crippen LogP contribution in [0.1, 0.15) is 53.0 Å². The smallest absolute Gasteiger partial charge is 0.192 e. The van der Waals surface area contributed by atoms with Gasteiger partial charge in [-0.1, -0.05) is 51.1 Å². The predicted molar refractivity (Wildman–Crippen MR) is 128 cm³/mol.